The number of rotatable bonds is 2. The zero-order valence-corrected chi connectivity index (χ0v) is 11.7. The SMILES string of the molecule is CC(C)n1ncc(N2CCN[C@@H](C)C2)c(Cl)c1=O. The van der Waals surface area contributed by atoms with Crippen molar-refractivity contribution in [3.05, 3.63) is 21.6 Å². The molecular formula is C12H19ClN4O. The van der Waals surface area contributed by atoms with Crippen molar-refractivity contribution in [1.29, 1.82) is 0 Å². The minimum atomic E-state index is -0.213. The van der Waals surface area contributed by atoms with Crippen molar-refractivity contribution in [2.24, 2.45) is 0 Å². The number of hydrogen-bond donors (Lipinski definition) is 1. The first-order valence-electron chi connectivity index (χ1n) is 6.26. The summed E-state index contributed by atoms with van der Waals surface area (Å²) >= 11 is 6.19. The van der Waals surface area contributed by atoms with Crippen LogP contribution in [0.1, 0.15) is 26.8 Å². The molecule has 1 aliphatic rings. The van der Waals surface area contributed by atoms with Gasteiger partial charge in [-0.3, -0.25) is 4.79 Å². The van der Waals surface area contributed by atoms with Gasteiger partial charge in [-0.05, 0) is 20.8 Å². The average Bonchev–Trinajstić information content (AvgIpc) is 2.32. The van der Waals surface area contributed by atoms with Crippen LogP contribution >= 0.6 is 11.6 Å². The van der Waals surface area contributed by atoms with Crippen LogP contribution in [0.25, 0.3) is 0 Å². The Hall–Kier alpha value is -1.07. The predicted octanol–water partition coefficient (Wildman–Crippen LogP) is 1.28. The maximum atomic E-state index is 12.1. The molecule has 1 atom stereocenters. The van der Waals surface area contributed by atoms with Gasteiger partial charge >= 0.3 is 0 Å². The molecule has 5 nitrogen and oxygen atoms in total. The minimum Gasteiger partial charge on any atom is -0.366 e. The van der Waals surface area contributed by atoms with Crippen LogP contribution in [0.15, 0.2) is 11.0 Å². The number of nitrogens with one attached hydrogen (secondary N) is 1. The zero-order chi connectivity index (χ0) is 13.3. The van der Waals surface area contributed by atoms with Gasteiger partial charge in [0.25, 0.3) is 5.56 Å². The van der Waals surface area contributed by atoms with E-state index in [2.05, 4.69) is 22.2 Å². The zero-order valence-electron chi connectivity index (χ0n) is 11.0. The molecule has 0 aliphatic carbocycles. The average molecular weight is 271 g/mol. The number of piperazine rings is 1. The topological polar surface area (TPSA) is 50.2 Å². The van der Waals surface area contributed by atoms with E-state index < -0.39 is 0 Å². The Morgan fingerprint density at radius 1 is 1.56 bits per heavy atom. The molecule has 1 N–H and O–H groups in total. The Labute approximate surface area is 112 Å². The Morgan fingerprint density at radius 2 is 2.28 bits per heavy atom. The fourth-order valence-electron chi connectivity index (χ4n) is 2.18. The monoisotopic (exact) mass is 270 g/mol. The third-order valence-corrected chi connectivity index (χ3v) is 3.48. The van der Waals surface area contributed by atoms with E-state index in [0.717, 1.165) is 25.3 Å². The molecule has 2 rings (SSSR count). The van der Waals surface area contributed by atoms with Crippen LogP contribution < -0.4 is 15.8 Å². The van der Waals surface area contributed by atoms with Crippen molar-refractivity contribution in [2.45, 2.75) is 32.9 Å². The van der Waals surface area contributed by atoms with Crippen LogP contribution in [0.2, 0.25) is 5.02 Å². The number of hydrogen-bond acceptors (Lipinski definition) is 4. The molecule has 1 aliphatic heterocycles. The summed E-state index contributed by atoms with van der Waals surface area (Å²) in [7, 11) is 0. The van der Waals surface area contributed by atoms with Gasteiger partial charge in [-0.25, -0.2) is 4.68 Å². The van der Waals surface area contributed by atoms with E-state index in [1.165, 1.54) is 4.68 Å². The maximum Gasteiger partial charge on any atom is 0.287 e. The lowest BCUT2D eigenvalue weighted by molar-refractivity contribution is 0.477. The predicted molar refractivity (Wildman–Crippen MR) is 73.6 cm³/mol. The van der Waals surface area contributed by atoms with Crippen LogP contribution in [-0.2, 0) is 0 Å². The molecule has 1 saturated heterocycles. The quantitative estimate of drug-likeness (QED) is 0.880. The second-order valence-electron chi connectivity index (χ2n) is 4.99. The summed E-state index contributed by atoms with van der Waals surface area (Å²) in [5.41, 5.74) is 0.530. The van der Waals surface area contributed by atoms with Crippen molar-refractivity contribution >= 4 is 17.3 Å². The highest BCUT2D eigenvalue weighted by atomic mass is 35.5. The second-order valence-corrected chi connectivity index (χ2v) is 5.37. The van der Waals surface area contributed by atoms with Crippen molar-refractivity contribution < 1.29 is 0 Å². The molecule has 0 unspecified atom stereocenters. The van der Waals surface area contributed by atoms with Crippen LogP contribution in [0, 0.1) is 0 Å². The summed E-state index contributed by atoms with van der Waals surface area (Å²) in [6, 6.07) is 0.411. The van der Waals surface area contributed by atoms with Crippen molar-refractivity contribution in [1.82, 2.24) is 15.1 Å². The first-order valence-corrected chi connectivity index (χ1v) is 6.64. The Balaban J connectivity index is 2.35. The molecule has 0 amide bonds. The number of aromatic nitrogens is 2. The van der Waals surface area contributed by atoms with E-state index >= 15 is 0 Å². The smallest absolute Gasteiger partial charge is 0.287 e. The molecule has 0 saturated carbocycles. The molecule has 18 heavy (non-hydrogen) atoms. The molecule has 6 heteroatoms. The molecule has 0 spiro atoms. The maximum absolute atomic E-state index is 12.1. The van der Waals surface area contributed by atoms with Crippen LogP contribution in [0.4, 0.5) is 5.69 Å². The van der Waals surface area contributed by atoms with E-state index in [-0.39, 0.29) is 16.6 Å². The molecule has 0 bridgehead atoms. The van der Waals surface area contributed by atoms with E-state index in [1.54, 1.807) is 6.20 Å². The van der Waals surface area contributed by atoms with Gasteiger partial charge < -0.3 is 10.2 Å². The van der Waals surface area contributed by atoms with Gasteiger partial charge in [0, 0.05) is 25.7 Å². The molecule has 1 fully saturated rings. The van der Waals surface area contributed by atoms with Gasteiger partial charge in [0.05, 0.1) is 17.9 Å². The van der Waals surface area contributed by atoms with Gasteiger partial charge in [-0.2, -0.15) is 5.10 Å². The molecule has 1 aromatic rings. The van der Waals surface area contributed by atoms with Crippen molar-refractivity contribution in [3.63, 3.8) is 0 Å². The fraction of sp³-hybridized carbons (Fsp3) is 0.667. The summed E-state index contributed by atoms with van der Waals surface area (Å²) in [5, 5.41) is 7.82. The number of anilines is 1. The van der Waals surface area contributed by atoms with Crippen LogP contribution in [0.5, 0.6) is 0 Å². The first kappa shape index (κ1) is 13.4. The number of nitrogens with zero attached hydrogens (tertiary/aromatic N) is 3. The van der Waals surface area contributed by atoms with E-state index in [9.17, 15) is 4.79 Å². The highest BCUT2D eigenvalue weighted by Gasteiger charge is 2.21. The highest BCUT2D eigenvalue weighted by molar-refractivity contribution is 6.33. The highest BCUT2D eigenvalue weighted by Crippen LogP contribution is 2.22. The molecular weight excluding hydrogens is 252 g/mol. The molecule has 0 aromatic carbocycles. The molecule has 100 valence electrons. The molecule has 0 radical (unpaired) electrons. The van der Waals surface area contributed by atoms with Gasteiger partial charge in [-0.1, -0.05) is 11.6 Å². The van der Waals surface area contributed by atoms with Gasteiger partial charge in [0.15, 0.2) is 0 Å². The summed E-state index contributed by atoms with van der Waals surface area (Å²) in [6.07, 6.45) is 1.70. The van der Waals surface area contributed by atoms with E-state index in [0.29, 0.717) is 6.04 Å². The van der Waals surface area contributed by atoms with Crippen molar-refractivity contribution in [3.8, 4) is 0 Å². The Bertz CT molecular complexity index is 485. The van der Waals surface area contributed by atoms with Gasteiger partial charge in [0.1, 0.15) is 5.02 Å². The minimum absolute atomic E-state index is 0.0194. The Kier molecular flexibility index (Phi) is 3.92. The number of halogens is 1. The van der Waals surface area contributed by atoms with E-state index in [1.807, 2.05) is 13.8 Å². The molecule has 2 heterocycles. The molecule has 1 aromatic heterocycles. The summed E-state index contributed by atoms with van der Waals surface area (Å²) in [4.78, 5) is 14.2. The largest absolute Gasteiger partial charge is 0.366 e. The summed E-state index contributed by atoms with van der Waals surface area (Å²) in [5.74, 6) is 0. The Morgan fingerprint density at radius 3 is 2.89 bits per heavy atom. The van der Waals surface area contributed by atoms with Crippen LogP contribution in [-0.4, -0.2) is 35.5 Å². The standard InChI is InChI=1S/C12H19ClN4O/c1-8(2)17-12(18)11(13)10(6-15-17)16-5-4-14-9(3)7-16/h6,8-9,14H,4-5,7H2,1-3H3/t9-/m0/s1. The van der Waals surface area contributed by atoms with E-state index in [4.69, 9.17) is 11.6 Å². The lowest BCUT2D eigenvalue weighted by Crippen LogP contribution is -2.49. The third-order valence-electron chi connectivity index (χ3n) is 3.12. The fourth-order valence-corrected chi connectivity index (χ4v) is 2.43. The first-order chi connectivity index (χ1) is 8.50. The lowest BCUT2D eigenvalue weighted by atomic mass is 10.2. The lowest BCUT2D eigenvalue weighted by Gasteiger charge is -2.33. The second kappa shape index (κ2) is 5.28. The normalized spacial score (nSPS) is 20.5. The van der Waals surface area contributed by atoms with Crippen LogP contribution in [0.3, 0.4) is 0 Å². The van der Waals surface area contributed by atoms with Gasteiger partial charge in [-0.15, -0.1) is 0 Å². The van der Waals surface area contributed by atoms with Gasteiger partial charge in [0.2, 0.25) is 0 Å². The summed E-state index contributed by atoms with van der Waals surface area (Å²) in [6.45, 7) is 8.52. The third kappa shape index (κ3) is 2.52. The van der Waals surface area contributed by atoms with Crippen molar-refractivity contribution in [2.75, 3.05) is 24.5 Å². The summed E-state index contributed by atoms with van der Waals surface area (Å²) < 4.78 is 1.41.